The van der Waals surface area contributed by atoms with Crippen LogP contribution in [0.1, 0.15) is 33.1 Å². The Morgan fingerprint density at radius 1 is 1.19 bits per heavy atom. The number of halogens is 3. The van der Waals surface area contributed by atoms with Crippen LogP contribution in [0, 0.1) is 29.5 Å². The molecule has 9 heteroatoms. The number of rotatable bonds is 9. The Balaban J connectivity index is 1.27. The smallest absolute Gasteiger partial charge is 0.166 e. The Hall–Kier alpha value is -2.16. The Morgan fingerprint density at radius 2 is 1.95 bits per heavy atom. The van der Waals surface area contributed by atoms with E-state index in [9.17, 15) is 4.39 Å². The highest BCUT2D eigenvalue weighted by atomic mass is 79.9. The number of hydrogen-bond acceptors (Lipinski definition) is 6. The number of nitrogens with one attached hydrogen (secondary N) is 1. The van der Waals surface area contributed by atoms with E-state index >= 15 is 0 Å². The molecule has 2 aromatic carbocycles. The Kier molecular flexibility index (Phi) is 8.07. The third kappa shape index (κ3) is 5.66. The zero-order valence-corrected chi connectivity index (χ0v) is 23.8. The van der Waals surface area contributed by atoms with Gasteiger partial charge in [0.05, 0.1) is 29.9 Å². The number of fused-ring (bicyclic) bond motifs is 2. The van der Waals surface area contributed by atoms with E-state index in [0.717, 1.165) is 17.8 Å². The molecule has 2 heterocycles. The SMILES string of the molecule is CCC(C)CN1C[C@H]2C[C@@H](COc3cc4ncnc(Nc5ccc(Br)c(Cl)c5F)c4cc3OC)C[C@H]2C1. The van der Waals surface area contributed by atoms with Crippen molar-refractivity contribution in [3.05, 3.63) is 45.9 Å². The average molecular weight is 592 g/mol. The molecule has 0 amide bonds. The van der Waals surface area contributed by atoms with Gasteiger partial charge in [0.2, 0.25) is 0 Å². The van der Waals surface area contributed by atoms with Crippen molar-refractivity contribution in [2.75, 3.05) is 38.7 Å². The van der Waals surface area contributed by atoms with Crippen LogP contribution < -0.4 is 14.8 Å². The lowest BCUT2D eigenvalue weighted by Gasteiger charge is -2.22. The molecule has 1 aliphatic carbocycles. The van der Waals surface area contributed by atoms with Gasteiger partial charge in [0, 0.05) is 35.6 Å². The second-order valence-corrected chi connectivity index (χ2v) is 11.7. The number of benzene rings is 2. The Labute approximate surface area is 231 Å². The maximum absolute atomic E-state index is 14.7. The first kappa shape index (κ1) is 26.4. The minimum absolute atomic E-state index is 0.0101. The van der Waals surface area contributed by atoms with Crippen molar-refractivity contribution >= 4 is 49.9 Å². The predicted molar refractivity (Wildman–Crippen MR) is 150 cm³/mol. The van der Waals surface area contributed by atoms with Crippen LogP contribution in [-0.2, 0) is 0 Å². The molecule has 37 heavy (non-hydrogen) atoms. The van der Waals surface area contributed by atoms with Crippen LogP contribution in [0.2, 0.25) is 5.02 Å². The van der Waals surface area contributed by atoms with Crippen LogP contribution in [0.5, 0.6) is 11.5 Å². The number of likely N-dealkylation sites (tertiary alicyclic amines) is 1. The fourth-order valence-electron chi connectivity index (χ4n) is 5.77. The highest BCUT2D eigenvalue weighted by Crippen LogP contribution is 2.43. The summed E-state index contributed by atoms with van der Waals surface area (Å²) in [6.07, 6.45) is 5.13. The zero-order valence-electron chi connectivity index (χ0n) is 21.4. The maximum Gasteiger partial charge on any atom is 0.166 e. The molecule has 2 aliphatic rings. The van der Waals surface area contributed by atoms with E-state index in [2.05, 4.69) is 50.0 Å². The summed E-state index contributed by atoms with van der Waals surface area (Å²) in [5, 5.41) is 3.75. The molecule has 6 nitrogen and oxygen atoms in total. The lowest BCUT2D eigenvalue weighted by atomic mass is 10.0. The summed E-state index contributed by atoms with van der Waals surface area (Å²) in [4.78, 5) is 11.4. The molecule has 2 fully saturated rings. The third-order valence-corrected chi connectivity index (χ3v) is 9.13. The summed E-state index contributed by atoms with van der Waals surface area (Å²) >= 11 is 9.30. The van der Waals surface area contributed by atoms with Gasteiger partial charge in [0.15, 0.2) is 17.3 Å². The van der Waals surface area contributed by atoms with Gasteiger partial charge in [0.1, 0.15) is 12.1 Å². The molecule has 1 saturated carbocycles. The van der Waals surface area contributed by atoms with Crippen LogP contribution in [-0.4, -0.2) is 48.2 Å². The van der Waals surface area contributed by atoms with Crippen LogP contribution >= 0.6 is 27.5 Å². The van der Waals surface area contributed by atoms with Gasteiger partial charge in [-0.2, -0.15) is 0 Å². The van der Waals surface area contributed by atoms with E-state index in [-0.39, 0.29) is 10.7 Å². The number of methoxy groups -OCH3 is 1. The fraction of sp³-hybridized carbons (Fsp3) is 0.500. The van der Waals surface area contributed by atoms with Crippen molar-refractivity contribution in [1.82, 2.24) is 14.9 Å². The van der Waals surface area contributed by atoms with Gasteiger partial charge >= 0.3 is 0 Å². The summed E-state index contributed by atoms with van der Waals surface area (Å²) in [5.74, 6) is 4.04. The molecule has 0 bridgehead atoms. The highest BCUT2D eigenvalue weighted by molar-refractivity contribution is 9.10. The van der Waals surface area contributed by atoms with E-state index in [1.54, 1.807) is 19.2 Å². The summed E-state index contributed by atoms with van der Waals surface area (Å²) in [7, 11) is 1.62. The standard InChI is InChI=1S/C28H33BrClFN4O2/c1-4-16(2)11-35-12-18-7-17(8-19(18)13-35)14-37-25-10-23-20(9-24(25)36-3)28(33-15-32-23)34-22-6-5-21(29)26(30)27(22)31/h5-6,9-10,15-19H,4,7-8,11-14H2,1-3H3,(H,32,33,34)/t16?,17-,18-,19+. The molecule has 3 aromatic rings. The molecule has 0 spiro atoms. The number of anilines is 2. The molecule has 1 aromatic heterocycles. The van der Waals surface area contributed by atoms with Crippen LogP contribution in [0.25, 0.3) is 10.9 Å². The molecular weight excluding hydrogens is 559 g/mol. The van der Waals surface area contributed by atoms with Crippen LogP contribution in [0.15, 0.2) is 35.1 Å². The summed E-state index contributed by atoms with van der Waals surface area (Å²) in [6.45, 7) is 8.96. The van der Waals surface area contributed by atoms with E-state index in [0.29, 0.717) is 45.2 Å². The normalized spacial score (nSPS) is 22.3. The molecular formula is C28H33BrClFN4O2. The summed E-state index contributed by atoms with van der Waals surface area (Å²) in [5.41, 5.74) is 0.905. The van der Waals surface area contributed by atoms with Gasteiger partial charge in [-0.05, 0) is 70.6 Å². The first-order valence-corrected chi connectivity index (χ1v) is 14.1. The van der Waals surface area contributed by atoms with E-state index in [1.807, 2.05) is 12.1 Å². The molecule has 1 saturated heterocycles. The van der Waals surface area contributed by atoms with Gasteiger partial charge < -0.3 is 19.7 Å². The van der Waals surface area contributed by atoms with E-state index in [4.69, 9.17) is 21.1 Å². The Morgan fingerprint density at radius 3 is 2.65 bits per heavy atom. The first-order valence-electron chi connectivity index (χ1n) is 12.9. The van der Waals surface area contributed by atoms with Gasteiger partial charge in [-0.3, -0.25) is 0 Å². The van der Waals surface area contributed by atoms with Crippen molar-refractivity contribution in [3.63, 3.8) is 0 Å². The third-order valence-electron chi connectivity index (χ3n) is 7.87. The number of hydrogen-bond donors (Lipinski definition) is 1. The maximum atomic E-state index is 14.7. The van der Waals surface area contributed by atoms with Crippen molar-refractivity contribution in [2.24, 2.45) is 23.7 Å². The quantitative estimate of drug-likeness (QED) is 0.263. The number of nitrogens with zero attached hydrogens (tertiary/aromatic N) is 3. The molecule has 4 atom stereocenters. The van der Waals surface area contributed by atoms with Crippen LogP contribution in [0.4, 0.5) is 15.9 Å². The lowest BCUT2D eigenvalue weighted by molar-refractivity contribution is 0.214. The molecule has 5 rings (SSSR count). The predicted octanol–water partition coefficient (Wildman–Crippen LogP) is 7.32. The minimum Gasteiger partial charge on any atom is -0.493 e. The summed E-state index contributed by atoms with van der Waals surface area (Å²) in [6, 6.07) is 7.00. The molecule has 1 unspecified atom stereocenters. The average Bonchev–Trinajstić information content (AvgIpc) is 3.45. The molecule has 198 valence electrons. The summed E-state index contributed by atoms with van der Waals surface area (Å²) < 4.78 is 27.1. The molecule has 0 radical (unpaired) electrons. The number of ether oxygens (including phenoxy) is 2. The first-order chi connectivity index (χ1) is 17.9. The lowest BCUT2D eigenvalue weighted by Crippen LogP contribution is -2.27. The van der Waals surface area contributed by atoms with E-state index in [1.165, 1.54) is 45.2 Å². The van der Waals surface area contributed by atoms with Crippen molar-refractivity contribution in [3.8, 4) is 11.5 Å². The van der Waals surface area contributed by atoms with Gasteiger partial charge in [0.25, 0.3) is 0 Å². The van der Waals surface area contributed by atoms with Gasteiger partial charge in [-0.15, -0.1) is 0 Å². The largest absolute Gasteiger partial charge is 0.493 e. The Bertz CT molecular complexity index is 1260. The van der Waals surface area contributed by atoms with Crippen molar-refractivity contribution in [2.45, 2.75) is 33.1 Å². The minimum atomic E-state index is -0.556. The highest BCUT2D eigenvalue weighted by Gasteiger charge is 2.41. The van der Waals surface area contributed by atoms with Crippen LogP contribution in [0.3, 0.4) is 0 Å². The monoisotopic (exact) mass is 590 g/mol. The van der Waals surface area contributed by atoms with E-state index < -0.39 is 5.82 Å². The second kappa shape index (κ2) is 11.3. The zero-order chi connectivity index (χ0) is 26.1. The number of aromatic nitrogens is 2. The molecule has 1 N–H and O–H groups in total. The van der Waals surface area contributed by atoms with Crippen molar-refractivity contribution in [1.29, 1.82) is 0 Å². The van der Waals surface area contributed by atoms with Crippen molar-refractivity contribution < 1.29 is 13.9 Å². The molecule has 1 aliphatic heterocycles. The topological polar surface area (TPSA) is 59.5 Å². The fourth-order valence-corrected chi connectivity index (χ4v) is 6.24. The second-order valence-electron chi connectivity index (χ2n) is 10.5. The van der Waals surface area contributed by atoms with Gasteiger partial charge in [-0.25, -0.2) is 14.4 Å². The van der Waals surface area contributed by atoms with Gasteiger partial charge in [-0.1, -0.05) is 31.9 Å².